The third kappa shape index (κ3) is 2.67. The zero-order valence-electron chi connectivity index (χ0n) is 13.2. The molecule has 0 aliphatic carbocycles. The predicted octanol–water partition coefficient (Wildman–Crippen LogP) is 8.10. The van der Waals surface area contributed by atoms with Crippen LogP contribution in [0.3, 0.4) is 0 Å². The van der Waals surface area contributed by atoms with E-state index < -0.39 is 0 Å². The first kappa shape index (κ1) is 15.2. The number of hydrogen-bond donors (Lipinski definition) is 0. The van der Waals surface area contributed by atoms with Crippen molar-refractivity contribution in [3.63, 3.8) is 0 Å². The van der Waals surface area contributed by atoms with Crippen LogP contribution in [0.15, 0.2) is 78.9 Å². The van der Waals surface area contributed by atoms with Gasteiger partial charge >= 0.3 is 0 Å². The largest absolute Gasteiger partial charge is 0.135 e. The zero-order chi connectivity index (χ0) is 16.8. The molecule has 5 rings (SSSR count). The predicted molar refractivity (Wildman–Crippen MR) is 113 cm³/mol. The lowest BCUT2D eigenvalue weighted by Crippen LogP contribution is -1.78. The Morgan fingerprint density at radius 3 is 1.84 bits per heavy atom. The Morgan fingerprint density at radius 1 is 0.600 bits per heavy atom. The van der Waals surface area contributed by atoms with Crippen molar-refractivity contribution in [2.45, 2.75) is 0 Å². The summed E-state index contributed by atoms with van der Waals surface area (Å²) in [5.41, 5.74) is 2.28. The molecular weight excluding hydrogens is 364 g/mol. The molecule has 120 valence electrons. The van der Waals surface area contributed by atoms with Gasteiger partial charge in [0, 0.05) is 29.7 Å². The quantitative estimate of drug-likeness (QED) is 0.292. The van der Waals surface area contributed by atoms with Gasteiger partial charge in [0.05, 0.1) is 0 Å². The van der Waals surface area contributed by atoms with E-state index in [0.717, 1.165) is 10.6 Å². The highest BCUT2D eigenvalue weighted by atomic mass is 35.5. The average Bonchev–Trinajstić information content (AvgIpc) is 3.25. The van der Waals surface area contributed by atoms with E-state index in [9.17, 15) is 0 Å². The van der Waals surface area contributed by atoms with Crippen LogP contribution in [0.5, 0.6) is 0 Å². The highest BCUT2D eigenvalue weighted by Crippen LogP contribution is 2.40. The number of rotatable bonds is 2. The van der Waals surface area contributed by atoms with Gasteiger partial charge in [-0.05, 0) is 46.7 Å². The third-order valence-electron chi connectivity index (χ3n) is 4.37. The zero-order valence-corrected chi connectivity index (χ0v) is 15.6. The summed E-state index contributed by atoms with van der Waals surface area (Å²) < 4.78 is 2.60. The van der Waals surface area contributed by atoms with Crippen LogP contribution in [0.4, 0.5) is 0 Å². The second-order valence-electron chi connectivity index (χ2n) is 5.99. The van der Waals surface area contributed by atoms with Crippen molar-refractivity contribution in [1.82, 2.24) is 0 Å². The number of halogens is 1. The van der Waals surface area contributed by atoms with Crippen LogP contribution in [0, 0.1) is 0 Å². The van der Waals surface area contributed by atoms with Crippen LogP contribution < -0.4 is 0 Å². The summed E-state index contributed by atoms with van der Waals surface area (Å²) in [5.74, 6) is 0. The Bertz CT molecular complexity index is 1150. The smallest absolute Gasteiger partial charge is 0.0499 e. The Kier molecular flexibility index (Phi) is 3.63. The van der Waals surface area contributed by atoms with Gasteiger partial charge < -0.3 is 0 Å². The first-order chi connectivity index (χ1) is 12.3. The molecule has 2 aromatic heterocycles. The van der Waals surface area contributed by atoms with Gasteiger partial charge in [-0.2, -0.15) is 0 Å². The molecule has 0 atom stereocenters. The van der Waals surface area contributed by atoms with E-state index in [4.69, 9.17) is 11.6 Å². The van der Waals surface area contributed by atoms with Crippen LogP contribution in [0.2, 0.25) is 5.02 Å². The van der Waals surface area contributed by atoms with Crippen LogP contribution in [0.25, 0.3) is 41.1 Å². The van der Waals surface area contributed by atoms with Gasteiger partial charge in [-0.25, -0.2) is 0 Å². The van der Waals surface area contributed by atoms with E-state index in [1.165, 1.54) is 35.5 Å². The van der Waals surface area contributed by atoms with Crippen LogP contribution in [-0.2, 0) is 0 Å². The summed E-state index contributed by atoms with van der Waals surface area (Å²) in [5, 5.41) is 3.36. The van der Waals surface area contributed by atoms with Gasteiger partial charge in [0.15, 0.2) is 0 Å². The number of fused-ring (bicyclic) bond motifs is 2. The molecule has 0 aliphatic heterocycles. The Balaban J connectivity index is 1.59. The van der Waals surface area contributed by atoms with Crippen LogP contribution >= 0.6 is 34.3 Å². The second kappa shape index (κ2) is 5.99. The van der Waals surface area contributed by atoms with Crippen molar-refractivity contribution in [1.29, 1.82) is 0 Å². The molecule has 3 aromatic carbocycles. The van der Waals surface area contributed by atoms with E-state index in [-0.39, 0.29) is 0 Å². The second-order valence-corrected chi connectivity index (χ2v) is 8.57. The standard InChI is InChI=1S/C22H13ClS2/c23-18-11-16(21-12-14-5-1-3-7-19(14)24-21)9-10-17(18)22-13-15-6-2-4-8-20(15)25-22/h1-13H. The Labute approximate surface area is 158 Å². The SMILES string of the molecule is Clc1cc(-c2cc3ccccc3s2)ccc1-c1cc2ccccc2s1. The van der Waals surface area contributed by atoms with E-state index in [1.807, 2.05) is 11.3 Å². The van der Waals surface area contributed by atoms with Crippen LogP contribution in [0.1, 0.15) is 0 Å². The molecule has 2 heterocycles. The van der Waals surface area contributed by atoms with Gasteiger partial charge in [-0.3, -0.25) is 0 Å². The molecule has 0 saturated carbocycles. The summed E-state index contributed by atoms with van der Waals surface area (Å²) in [4.78, 5) is 2.47. The minimum absolute atomic E-state index is 0.807. The number of thiophene rings is 2. The topological polar surface area (TPSA) is 0 Å². The Hall–Kier alpha value is -2.13. The molecule has 0 radical (unpaired) electrons. The highest BCUT2D eigenvalue weighted by Gasteiger charge is 2.11. The maximum Gasteiger partial charge on any atom is 0.0499 e. The highest BCUT2D eigenvalue weighted by molar-refractivity contribution is 7.22. The summed E-state index contributed by atoms with van der Waals surface area (Å²) >= 11 is 10.2. The molecule has 0 amide bonds. The third-order valence-corrected chi connectivity index (χ3v) is 7.00. The van der Waals surface area contributed by atoms with Crippen molar-refractivity contribution in [3.8, 4) is 20.9 Å². The van der Waals surface area contributed by atoms with Crippen molar-refractivity contribution >= 4 is 54.4 Å². The van der Waals surface area contributed by atoms with Gasteiger partial charge in [0.1, 0.15) is 0 Å². The summed E-state index contributed by atoms with van der Waals surface area (Å²) in [7, 11) is 0. The lowest BCUT2D eigenvalue weighted by Gasteiger charge is -2.04. The van der Waals surface area contributed by atoms with E-state index >= 15 is 0 Å². The summed E-state index contributed by atoms with van der Waals surface area (Å²) in [6.07, 6.45) is 0. The van der Waals surface area contributed by atoms with E-state index in [0.29, 0.717) is 0 Å². The fourth-order valence-corrected chi connectivity index (χ4v) is 5.61. The molecule has 0 bridgehead atoms. The summed E-state index contributed by atoms with van der Waals surface area (Å²) in [6.45, 7) is 0. The van der Waals surface area contributed by atoms with Crippen molar-refractivity contribution < 1.29 is 0 Å². The minimum atomic E-state index is 0.807. The maximum absolute atomic E-state index is 6.65. The Morgan fingerprint density at radius 2 is 1.20 bits per heavy atom. The lowest BCUT2D eigenvalue weighted by molar-refractivity contribution is 1.69. The fraction of sp³-hybridized carbons (Fsp3) is 0. The molecule has 0 fully saturated rings. The molecule has 0 N–H and O–H groups in total. The first-order valence-corrected chi connectivity index (χ1v) is 10.1. The van der Waals surface area contributed by atoms with Gasteiger partial charge in [-0.15, -0.1) is 22.7 Å². The van der Waals surface area contributed by atoms with E-state index in [1.54, 1.807) is 11.3 Å². The molecule has 3 heteroatoms. The average molecular weight is 377 g/mol. The maximum atomic E-state index is 6.65. The summed E-state index contributed by atoms with van der Waals surface area (Å²) in [6, 6.07) is 27.8. The monoisotopic (exact) mass is 376 g/mol. The fourth-order valence-electron chi connectivity index (χ4n) is 3.11. The molecule has 0 aliphatic rings. The first-order valence-electron chi connectivity index (χ1n) is 8.05. The molecule has 5 aromatic rings. The van der Waals surface area contributed by atoms with Gasteiger partial charge in [-0.1, -0.05) is 60.1 Å². The normalized spacial score (nSPS) is 11.4. The molecule has 0 unspecified atom stereocenters. The molecule has 0 nitrogen and oxygen atoms in total. The van der Waals surface area contributed by atoms with E-state index in [2.05, 4.69) is 78.9 Å². The lowest BCUT2D eigenvalue weighted by atomic mass is 10.1. The molecule has 0 spiro atoms. The molecule has 25 heavy (non-hydrogen) atoms. The van der Waals surface area contributed by atoms with Gasteiger partial charge in [0.2, 0.25) is 0 Å². The molecular formula is C22H13ClS2. The van der Waals surface area contributed by atoms with Crippen molar-refractivity contribution in [2.24, 2.45) is 0 Å². The van der Waals surface area contributed by atoms with Crippen molar-refractivity contribution in [2.75, 3.05) is 0 Å². The molecule has 0 saturated heterocycles. The number of benzene rings is 3. The van der Waals surface area contributed by atoms with Gasteiger partial charge in [0.25, 0.3) is 0 Å². The van der Waals surface area contributed by atoms with Crippen molar-refractivity contribution in [3.05, 3.63) is 83.9 Å². The van der Waals surface area contributed by atoms with Crippen LogP contribution in [-0.4, -0.2) is 0 Å². The number of hydrogen-bond acceptors (Lipinski definition) is 2. The minimum Gasteiger partial charge on any atom is -0.135 e.